The monoisotopic (exact) mass is 389 g/mol. The summed E-state index contributed by atoms with van der Waals surface area (Å²) in [5, 5.41) is 2.82. The van der Waals surface area contributed by atoms with Crippen molar-refractivity contribution in [3.05, 3.63) is 57.8 Å². The topological polar surface area (TPSA) is 62.3 Å². The number of hydrogen-bond acceptors (Lipinski definition) is 3. The van der Waals surface area contributed by atoms with Gasteiger partial charge in [0.05, 0.1) is 11.1 Å². The molecule has 126 valence electrons. The summed E-state index contributed by atoms with van der Waals surface area (Å²) >= 11 is 3.44. The van der Waals surface area contributed by atoms with Gasteiger partial charge in [-0.2, -0.15) is 0 Å². The summed E-state index contributed by atoms with van der Waals surface area (Å²) in [5.74, 6) is -0.423. The Labute approximate surface area is 150 Å². The van der Waals surface area contributed by atoms with Crippen LogP contribution in [0.5, 0.6) is 0 Å². The van der Waals surface area contributed by atoms with Gasteiger partial charge in [-0.25, -0.2) is 0 Å². The number of amides is 2. The molecule has 2 amide bonds. The SMILES string of the molecule is CCN(CC)C(=O)c1cncc(C(=O)Nc2ccc(C)c(Br)c2)c1. The molecule has 1 aromatic heterocycles. The Morgan fingerprint density at radius 1 is 1.12 bits per heavy atom. The van der Waals surface area contributed by atoms with Crippen LogP contribution in [0.4, 0.5) is 5.69 Å². The molecule has 0 aliphatic heterocycles. The van der Waals surface area contributed by atoms with Crippen molar-refractivity contribution in [2.24, 2.45) is 0 Å². The summed E-state index contributed by atoms with van der Waals surface area (Å²) in [4.78, 5) is 30.5. The van der Waals surface area contributed by atoms with Crippen LogP contribution in [0, 0.1) is 6.92 Å². The van der Waals surface area contributed by atoms with E-state index in [2.05, 4.69) is 26.2 Å². The lowest BCUT2D eigenvalue weighted by molar-refractivity contribution is 0.0772. The van der Waals surface area contributed by atoms with Gasteiger partial charge in [0.2, 0.25) is 0 Å². The molecule has 1 aromatic carbocycles. The minimum atomic E-state index is -0.299. The smallest absolute Gasteiger partial charge is 0.257 e. The number of hydrogen-bond donors (Lipinski definition) is 1. The molecule has 2 aromatic rings. The maximum Gasteiger partial charge on any atom is 0.257 e. The zero-order chi connectivity index (χ0) is 17.7. The van der Waals surface area contributed by atoms with Crippen LogP contribution < -0.4 is 5.32 Å². The van der Waals surface area contributed by atoms with Crippen LogP contribution in [-0.4, -0.2) is 34.8 Å². The first-order chi connectivity index (χ1) is 11.5. The Balaban J connectivity index is 2.19. The first kappa shape index (κ1) is 18.1. The largest absolute Gasteiger partial charge is 0.339 e. The Hall–Kier alpha value is -2.21. The number of benzene rings is 1. The van der Waals surface area contributed by atoms with Crippen LogP contribution >= 0.6 is 15.9 Å². The number of carbonyl (C=O) groups excluding carboxylic acids is 2. The number of halogens is 1. The lowest BCUT2D eigenvalue weighted by Gasteiger charge is -2.18. The van der Waals surface area contributed by atoms with Crippen LogP contribution in [0.1, 0.15) is 40.1 Å². The molecule has 0 unspecified atom stereocenters. The first-order valence-electron chi connectivity index (χ1n) is 7.78. The number of pyridine rings is 1. The lowest BCUT2D eigenvalue weighted by Crippen LogP contribution is -2.30. The summed E-state index contributed by atoms with van der Waals surface area (Å²) in [5.41, 5.74) is 2.53. The molecule has 0 saturated heterocycles. The second-order valence-corrected chi connectivity index (χ2v) is 6.21. The number of nitrogens with zero attached hydrogens (tertiary/aromatic N) is 2. The van der Waals surface area contributed by atoms with Crippen molar-refractivity contribution < 1.29 is 9.59 Å². The summed E-state index contributed by atoms with van der Waals surface area (Å²) in [6, 6.07) is 7.16. The molecule has 0 bridgehead atoms. The van der Waals surface area contributed by atoms with Crippen LogP contribution in [-0.2, 0) is 0 Å². The standard InChI is InChI=1S/C18H20BrN3O2/c1-4-22(5-2)18(24)14-8-13(10-20-11-14)17(23)21-15-7-6-12(3)16(19)9-15/h6-11H,4-5H2,1-3H3,(H,21,23). The Morgan fingerprint density at radius 2 is 1.79 bits per heavy atom. The quantitative estimate of drug-likeness (QED) is 0.843. The molecule has 0 radical (unpaired) electrons. The number of aryl methyl sites for hydroxylation is 1. The third kappa shape index (κ3) is 4.20. The fraction of sp³-hybridized carbons (Fsp3) is 0.278. The number of rotatable bonds is 5. The van der Waals surface area contributed by atoms with Gasteiger partial charge >= 0.3 is 0 Å². The van der Waals surface area contributed by atoms with Gasteiger partial charge in [0.1, 0.15) is 0 Å². The molecule has 24 heavy (non-hydrogen) atoms. The highest BCUT2D eigenvalue weighted by Gasteiger charge is 2.15. The lowest BCUT2D eigenvalue weighted by atomic mass is 10.1. The average molecular weight is 390 g/mol. The van der Waals surface area contributed by atoms with Crippen molar-refractivity contribution in [3.63, 3.8) is 0 Å². The highest BCUT2D eigenvalue weighted by Crippen LogP contribution is 2.21. The van der Waals surface area contributed by atoms with E-state index in [-0.39, 0.29) is 11.8 Å². The second kappa shape index (κ2) is 8.06. The van der Waals surface area contributed by atoms with E-state index >= 15 is 0 Å². The molecule has 2 rings (SSSR count). The van der Waals surface area contributed by atoms with Crippen LogP contribution in [0.25, 0.3) is 0 Å². The van der Waals surface area contributed by atoms with Gasteiger partial charge in [-0.05, 0) is 44.5 Å². The Morgan fingerprint density at radius 3 is 2.42 bits per heavy atom. The summed E-state index contributed by atoms with van der Waals surface area (Å²) in [6.07, 6.45) is 2.94. The van der Waals surface area contributed by atoms with Crippen molar-refractivity contribution in [1.29, 1.82) is 0 Å². The van der Waals surface area contributed by atoms with Crippen molar-refractivity contribution >= 4 is 33.4 Å². The third-order valence-electron chi connectivity index (χ3n) is 3.73. The molecule has 5 nitrogen and oxygen atoms in total. The average Bonchev–Trinajstić information content (AvgIpc) is 2.59. The van der Waals surface area contributed by atoms with E-state index in [4.69, 9.17) is 0 Å². The van der Waals surface area contributed by atoms with E-state index in [1.807, 2.05) is 39.0 Å². The van der Waals surface area contributed by atoms with Crippen molar-refractivity contribution in [2.45, 2.75) is 20.8 Å². The minimum Gasteiger partial charge on any atom is -0.339 e. The summed E-state index contributed by atoms with van der Waals surface area (Å²) < 4.78 is 0.920. The molecule has 1 N–H and O–H groups in total. The van der Waals surface area contributed by atoms with Crippen LogP contribution in [0.15, 0.2) is 41.1 Å². The predicted molar refractivity (Wildman–Crippen MR) is 98.3 cm³/mol. The van der Waals surface area contributed by atoms with Crippen molar-refractivity contribution in [1.82, 2.24) is 9.88 Å². The van der Waals surface area contributed by atoms with E-state index in [9.17, 15) is 9.59 Å². The maximum absolute atomic E-state index is 12.4. The van der Waals surface area contributed by atoms with Crippen molar-refractivity contribution in [2.75, 3.05) is 18.4 Å². The third-order valence-corrected chi connectivity index (χ3v) is 4.58. The number of carbonyl (C=O) groups is 2. The van der Waals surface area contributed by atoms with E-state index in [0.717, 1.165) is 10.0 Å². The van der Waals surface area contributed by atoms with Gasteiger partial charge in [0.25, 0.3) is 11.8 Å². The summed E-state index contributed by atoms with van der Waals surface area (Å²) in [7, 11) is 0. The minimum absolute atomic E-state index is 0.125. The molecule has 6 heteroatoms. The molecule has 0 spiro atoms. The zero-order valence-corrected chi connectivity index (χ0v) is 15.6. The Kier molecular flexibility index (Phi) is 6.09. The van der Waals surface area contributed by atoms with Gasteiger partial charge in [-0.3, -0.25) is 14.6 Å². The van der Waals surface area contributed by atoms with Gasteiger partial charge in [0.15, 0.2) is 0 Å². The first-order valence-corrected chi connectivity index (χ1v) is 8.57. The molecule has 0 saturated carbocycles. The number of anilines is 1. The van der Waals surface area contributed by atoms with Gasteiger partial charge in [0, 0.05) is 35.6 Å². The van der Waals surface area contributed by atoms with Gasteiger partial charge < -0.3 is 10.2 Å². The van der Waals surface area contributed by atoms with Crippen molar-refractivity contribution in [3.8, 4) is 0 Å². The van der Waals surface area contributed by atoms with Crippen LogP contribution in [0.2, 0.25) is 0 Å². The molecule has 0 atom stereocenters. The van der Waals surface area contributed by atoms with E-state index in [1.165, 1.54) is 12.4 Å². The fourth-order valence-corrected chi connectivity index (χ4v) is 2.63. The number of nitrogens with one attached hydrogen (secondary N) is 1. The normalized spacial score (nSPS) is 10.3. The molecular weight excluding hydrogens is 370 g/mol. The molecule has 0 aliphatic carbocycles. The van der Waals surface area contributed by atoms with Gasteiger partial charge in [-0.1, -0.05) is 22.0 Å². The van der Waals surface area contributed by atoms with Gasteiger partial charge in [-0.15, -0.1) is 0 Å². The number of aromatic nitrogens is 1. The van der Waals surface area contributed by atoms with E-state index in [1.54, 1.807) is 11.0 Å². The fourth-order valence-electron chi connectivity index (χ4n) is 2.25. The molecule has 0 fully saturated rings. The molecular formula is C18H20BrN3O2. The van der Waals surface area contributed by atoms with Crippen LogP contribution in [0.3, 0.4) is 0 Å². The predicted octanol–water partition coefficient (Wildman–Crippen LogP) is 3.89. The highest BCUT2D eigenvalue weighted by molar-refractivity contribution is 9.10. The van der Waals surface area contributed by atoms with E-state index < -0.39 is 0 Å². The zero-order valence-electron chi connectivity index (χ0n) is 14.0. The highest BCUT2D eigenvalue weighted by atomic mass is 79.9. The van der Waals surface area contributed by atoms with E-state index in [0.29, 0.717) is 29.9 Å². The molecule has 1 heterocycles. The molecule has 0 aliphatic rings. The Bertz CT molecular complexity index is 758. The summed E-state index contributed by atoms with van der Waals surface area (Å²) in [6.45, 7) is 7.04. The maximum atomic E-state index is 12.4. The second-order valence-electron chi connectivity index (χ2n) is 5.36.